The van der Waals surface area contributed by atoms with Crippen LogP contribution in [-0.2, 0) is 6.42 Å². The topological polar surface area (TPSA) is 27.0 Å². The number of hydrogen-bond donors (Lipinski definition) is 0. The van der Waals surface area contributed by atoms with Gasteiger partial charge in [-0.3, -0.25) is 0 Å². The molecule has 0 aliphatic heterocycles. The van der Waals surface area contributed by atoms with Crippen LogP contribution in [0, 0.1) is 11.3 Å². The van der Waals surface area contributed by atoms with Gasteiger partial charge in [-0.15, -0.1) is 0 Å². The molecule has 2 aromatic carbocycles. The molecule has 80 valence electrons. The van der Waals surface area contributed by atoms with Crippen LogP contribution in [0.1, 0.15) is 5.56 Å². The van der Waals surface area contributed by atoms with E-state index in [9.17, 15) is 0 Å². The summed E-state index contributed by atoms with van der Waals surface area (Å²) in [6, 6.07) is 14.6. The van der Waals surface area contributed by atoms with Crippen LogP contribution >= 0.6 is 0 Å². The Hall–Kier alpha value is -2.01. The van der Waals surface area contributed by atoms with E-state index >= 15 is 0 Å². The molecule has 0 fully saturated rings. The molecule has 0 saturated heterocycles. The van der Waals surface area contributed by atoms with Gasteiger partial charge >= 0.3 is 0 Å². The van der Waals surface area contributed by atoms with E-state index in [4.69, 9.17) is 5.26 Å². The first-order valence-electron chi connectivity index (χ1n) is 5.29. The van der Waals surface area contributed by atoms with Crippen LogP contribution in [0.2, 0.25) is 0 Å². The Labute approximate surface area is 95.7 Å². The second-order valence-corrected chi connectivity index (χ2v) is 4.02. The number of nitrogens with zero attached hydrogens (tertiary/aromatic N) is 2. The highest BCUT2D eigenvalue weighted by Crippen LogP contribution is 2.28. The van der Waals surface area contributed by atoms with Crippen LogP contribution in [-0.4, -0.2) is 14.1 Å². The number of hydrogen-bond acceptors (Lipinski definition) is 2. The molecule has 0 unspecified atom stereocenters. The van der Waals surface area contributed by atoms with Crippen LogP contribution in [0.25, 0.3) is 10.8 Å². The minimum atomic E-state index is 0.466. The Balaban J connectivity index is 2.73. The molecule has 2 nitrogen and oxygen atoms in total. The first-order chi connectivity index (χ1) is 7.74. The van der Waals surface area contributed by atoms with E-state index in [1.54, 1.807) is 0 Å². The average molecular weight is 210 g/mol. The molecule has 2 heteroatoms. The largest absolute Gasteiger partial charge is 0.377 e. The predicted molar refractivity (Wildman–Crippen MR) is 67.6 cm³/mol. The minimum Gasteiger partial charge on any atom is -0.377 e. The lowest BCUT2D eigenvalue weighted by atomic mass is 10.0. The van der Waals surface area contributed by atoms with Gasteiger partial charge in [0.15, 0.2) is 0 Å². The molecule has 16 heavy (non-hydrogen) atoms. The third-order valence-electron chi connectivity index (χ3n) is 2.74. The highest BCUT2D eigenvalue weighted by atomic mass is 15.1. The average Bonchev–Trinajstić information content (AvgIpc) is 2.29. The molecule has 0 amide bonds. The maximum Gasteiger partial charge on any atom is 0.0669 e. The van der Waals surface area contributed by atoms with Gasteiger partial charge in [0.05, 0.1) is 12.5 Å². The quantitative estimate of drug-likeness (QED) is 0.762. The lowest BCUT2D eigenvalue weighted by Gasteiger charge is -2.16. The molecule has 0 heterocycles. The molecule has 0 N–H and O–H groups in total. The number of benzene rings is 2. The summed E-state index contributed by atoms with van der Waals surface area (Å²) in [4.78, 5) is 2.10. The zero-order valence-electron chi connectivity index (χ0n) is 9.57. The summed E-state index contributed by atoms with van der Waals surface area (Å²) in [6.07, 6.45) is 0.466. The first kappa shape index (κ1) is 10.5. The van der Waals surface area contributed by atoms with Crippen molar-refractivity contribution in [3.8, 4) is 6.07 Å². The van der Waals surface area contributed by atoms with Crippen molar-refractivity contribution in [2.24, 2.45) is 0 Å². The third kappa shape index (κ3) is 1.72. The SMILES string of the molecule is CN(C)c1ccc(CC#N)c2ccccc12. The summed E-state index contributed by atoms with van der Waals surface area (Å²) in [5.74, 6) is 0. The van der Waals surface area contributed by atoms with Gasteiger partial charge in [-0.25, -0.2) is 0 Å². The van der Waals surface area contributed by atoms with Gasteiger partial charge in [0, 0.05) is 25.2 Å². The van der Waals surface area contributed by atoms with Gasteiger partial charge in [-0.1, -0.05) is 30.3 Å². The molecule has 2 aromatic rings. The summed E-state index contributed by atoms with van der Waals surface area (Å²) in [5, 5.41) is 11.2. The number of anilines is 1. The molecule has 0 saturated carbocycles. The smallest absolute Gasteiger partial charge is 0.0669 e. The van der Waals surface area contributed by atoms with Crippen molar-refractivity contribution >= 4 is 16.5 Å². The molecule has 0 bridgehead atoms. The summed E-state index contributed by atoms with van der Waals surface area (Å²) >= 11 is 0. The van der Waals surface area contributed by atoms with Crippen molar-refractivity contribution in [3.05, 3.63) is 42.0 Å². The van der Waals surface area contributed by atoms with E-state index < -0.39 is 0 Å². The molecule has 0 spiro atoms. The number of nitriles is 1. The fourth-order valence-corrected chi connectivity index (χ4v) is 1.97. The summed E-state index contributed by atoms with van der Waals surface area (Å²) in [7, 11) is 4.07. The molecule has 0 aliphatic rings. The summed E-state index contributed by atoms with van der Waals surface area (Å²) in [5.41, 5.74) is 2.29. The van der Waals surface area contributed by atoms with Gasteiger partial charge < -0.3 is 4.90 Å². The molecule has 0 aliphatic carbocycles. The summed E-state index contributed by atoms with van der Waals surface area (Å²) < 4.78 is 0. The van der Waals surface area contributed by atoms with Gasteiger partial charge in [-0.05, 0) is 17.0 Å². The molecule has 0 atom stereocenters. The Bertz CT molecular complexity index is 550. The Morgan fingerprint density at radius 1 is 1.06 bits per heavy atom. The molecule has 0 radical (unpaired) electrons. The van der Waals surface area contributed by atoms with Gasteiger partial charge in [0.25, 0.3) is 0 Å². The number of rotatable bonds is 2. The van der Waals surface area contributed by atoms with E-state index in [0.717, 1.165) is 5.56 Å². The highest BCUT2D eigenvalue weighted by molar-refractivity contribution is 5.96. The van der Waals surface area contributed by atoms with Crippen LogP contribution in [0.15, 0.2) is 36.4 Å². The van der Waals surface area contributed by atoms with Crippen LogP contribution in [0.3, 0.4) is 0 Å². The monoisotopic (exact) mass is 210 g/mol. The van der Waals surface area contributed by atoms with Crippen molar-refractivity contribution in [3.63, 3.8) is 0 Å². The first-order valence-corrected chi connectivity index (χ1v) is 5.29. The van der Waals surface area contributed by atoms with Crippen molar-refractivity contribution < 1.29 is 0 Å². The van der Waals surface area contributed by atoms with Gasteiger partial charge in [0.2, 0.25) is 0 Å². The zero-order valence-corrected chi connectivity index (χ0v) is 9.57. The third-order valence-corrected chi connectivity index (χ3v) is 2.74. The van der Waals surface area contributed by atoms with Gasteiger partial charge in [-0.2, -0.15) is 5.26 Å². The maximum absolute atomic E-state index is 8.80. The second-order valence-electron chi connectivity index (χ2n) is 4.02. The van der Waals surface area contributed by atoms with Gasteiger partial charge in [0.1, 0.15) is 0 Å². The van der Waals surface area contributed by atoms with Crippen molar-refractivity contribution in [2.75, 3.05) is 19.0 Å². The van der Waals surface area contributed by atoms with Crippen molar-refractivity contribution in [1.29, 1.82) is 5.26 Å². The molecular weight excluding hydrogens is 196 g/mol. The fourth-order valence-electron chi connectivity index (χ4n) is 1.97. The fraction of sp³-hybridized carbons (Fsp3) is 0.214. The lowest BCUT2D eigenvalue weighted by Crippen LogP contribution is -2.09. The Morgan fingerprint density at radius 2 is 1.75 bits per heavy atom. The maximum atomic E-state index is 8.80. The van der Waals surface area contributed by atoms with Crippen LogP contribution in [0.4, 0.5) is 5.69 Å². The Kier molecular flexibility index (Phi) is 2.78. The van der Waals surface area contributed by atoms with Crippen molar-refractivity contribution in [1.82, 2.24) is 0 Å². The van der Waals surface area contributed by atoms with Crippen LogP contribution in [0.5, 0.6) is 0 Å². The van der Waals surface area contributed by atoms with E-state index in [1.807, 2.05) is 32.3 Å². The lowest BCUT2D eigenvalue weighted by molar-refractivity contribution is 1.14. The molecule has 0 aromatic heterocycles. The minimum absolute atomic E-state index is 0.466. The standard InChI is InChI=1S/C14H14N2/c1-16(2)14-8-7-11(9-10-15)12-5-3-4-6-13(12)14/h3-8H,9H2,1-2H3. The van der Waals surface area contributed by atoms with Crippen molar-refractivity contribution in [2.45, 2.75) is 6.42 Å². The van der Waals surface area contributed by atoms with E-state index in [1.165, 1.54) is 16.5 Å². The number of fused-ring (bicyclic) bond motifs is 1. The summed E-state index contributed by atoms with van der Waals surface area (Å²) in [6.45, 7) is 0. The molecular formula is C14H14N2. The highest BCUT2D eigenvalue weighted by Gasteiger charge is 2.06. The van der Waals surface area contributed by atoms with E-state index in [2.05, 4.69) is 29.2 Å². The van der Waals surface area contributed by atoms with Crippen LogP contribution < -0.4 is 4.90 Å². The normalized spacial score (nSPS) is 10.1. The zero-order chi connectivity index (χ0) is 11.5. The predicted octanol–water partition coefficient (Wildman–Crippen LogP) is 2.97. The van der Waals surface area contributed by atoms with E-state index in [0.29, 0.717) is 6.42 Å². The Morgan fingerprint density at radius 3 is 2.38 bits per heavy atom. The second kappa shape index (κ2) is 4.24. The van der Waals surface area contributed by atoms with E-state index in [-0.39, 0.29) is 0 Å². The molecule has 2 rings (SSSR count).